The van der Waals surface area contributed by atoms with Gasteiger partial charge in [-0.2, -0.15) is 0 Å². The van der Waals surface area contributed by atoms with E-state index in [0.29, 0.717) is 5.02 Å². The van der Waals surface area contributed by atoms with E-state index >= 15 is 0 Å². The smallest absolute Gasteiger partial charge is 0.0589 e. The molecular weight excluding hydrogens is 170 g/mol. The van der Waals surface area contributed by atoms with Crippen LogP contribution in [0.15, 0.2) is 18.3 Å². The monoisotopic (exact) mass is 183 g/mol. The van der Waals surface area contributed by atoms with E-state index in [1.807, 2.05) is 12.1 Å². The molecule has 0 bridgehead atoms. The van der Waals surface area contributed by atoms with Gasteiger partial charge in [0.15, 0.2) is 0 Å². The normalized spacial score (nSPS) is 10.7. The predicted molar refractivity (Wildman–Crippen MR) is 52.4 cm³/mol. The molecule has 0 saturated carbocycles. The Morgan fingerprint density at radius 1 is 1.42 bits per heavy atom. The molecule has 0 N–H and O–H groups in total. The van der Waals surface area contributed by atoms with E-state index in [0.717, 1.165) is 18.0 Å². The fourth-order valence-electron chi connectivity index (χ4n) is 0.991. The quantitative estimate of drug-likeness (QED) is 0.701. The van der Waals surface area contributed by atoms with Crippen molar-refractivity contribution in [1.29, 1.82) is 0 Å². The van der Waals surface area contributed by atoms with Crippen molar-refractivity contribution < 1.29 is 0 Å². The standard InChI is InChI=1S/C10H14ClN/c1-8(2)3-5-10-6-4-9(11)7-12-10/h4,6-8H,3,5H2,1-2H3. The SMILES string of the molecule is CC(C)CCc1ccc(Cl)cn1. The molecule has 1 nitrogen and oxygen atoms in total. The number of pyridine rings is 1. The van der Waals surface area contributed by atoms with Crippen LogP contribution >= 0.6 is 11.6 Å². The second kappa shape index (κ2) is 4.46. The summed E-state index contributed by atoms with van der Waals surface area (Å²) in [5.74, 6) is 0.738. The van der Waals surface area contributed by atoms with Gasteiger partial charge in [-0.1, -0.05) is 25.4 Å². The number of aryl methyl sites for hydroxylation is 1. The van der Waals surface area contributed by atoms with E-state index in [1.165, 1.54) is 6.42 Å². The van der Waals surface area contributed by atoms with Gasteiger partial charge in [-0.15, -0.1) is 0 Å². The zero-order valence-corrected chi connectivity index (χ0v) is 8.30. The van der Waals surface area contributed by atoms with Crippen LogP contribution in [0.3, 0.4) is 0 Å². The number of aromatic nitrogens is 1. The van der Waals surface area contributed by atoms with E-state index in [9.17, 15) is 0 Å². The minimum Gasteiger partial charge on any atom is -0.260 e. The Kier molecular flexibility index (Phi) is 3.54. The first kappa shape index (κ1) is 9.53. The van der Waals surface area contributed by atoms with Gasteiger partial charge in [0.1, 0.15) is 0 Å². The van der Waals surface area contributed by atoms with Gasteiger partial charge < -0.3 is 0 Å². The summed E-state index contributed by atoms with van der Waals surface area (Å²) >= 11 is 5.71. The molecule has 0 amide bonds. The molecule has 0 aromatic carbocycles. The number of halogens is 1. The molecule has 2 heteroatoms. The molecule has 1 rings (SSSR count). The van der Waals surface area contributed by atoms with Gasteiger partial charge in [-0.25, -0.2) is 0 Å². The average molecular weight is 184 g/mol. The highest BCUT2D eigenvalue weighted by molar-refractivity contribution is 6.30. The van der Waals surface area contributed by atoms with Gasteiger partial charge in [0.2, 0.25) is 0 Å². The third-order valence-electron chi connectivity index (χ3n) is 1.77. The van der Waals surface area contributed by atoms with Crippen molar-refractivity contribution in [3.05, 3.63) is 29.0 Å². The Morgan fingerprint density at radius 3 is 2.67 bits per heavy atom. The summed E-state index contributed by atoms with van der Waals surface area (Å²) in [6.07, 6.45) is 3.95. The van der Waals surface area contributed by atoms with Gasteiger partial charge in [-0.05, 0) is 30.9 Å². The molecule has 0 spiro atoms. The fraction of sp³-hybridized carbons (Fsp3) is 0.500. The molecule has 0 fully saturated rings. The highest BCUT2D eigenvalue weighted by Crippen LogP contribution is 2.10. The Balaban J connectivity index is 2.48. The zero-order chi connectivity index (χ0) is 8.97. The van der Waals surface area contributed by atoms with E-state index in [2.05, 4.69) is 18.8 Å². The maximum absolute atomic E-state index is 5.71. The van der Waals surface area contributed by atoms with Gasteiger partial charge in [0.25, 0.3) is 0 Å². The molecule has 0 aliphatic heterocycles. The molecule has 0 unspecified atom stereocenters. The fourth-order valence-corrected chi connectivity index (χ4v) is 1.10. The van der Waals surface area contributed by atoms with Crippen LogP contribution in [0.4, 0.5) is 0 Å². The summed E-state index contributed by atoms with van der Waals surface area (Å²) in [4.78, 5) is 4.22. The van der Waals surface area contributed by atoms with Crippen molar-refractivity contribution in [2.45, 2.75) is 26.7 Å². The first-order valence-electron chi connectivity index (χ1n) is 4.29. The molecule has 66 valence electrons. The van der Waals surface area contributed by atoms with Gasteiger partial charge >= 0.3 is 0 Å². The molecule has 0 aliphatic rings. The van der Waals surface area contributed by atoms with Crippen LogP contribution in [-0.2, 0) is 6.42 Å². The van der Waals surface area contributed by atoms with Crippen molar-refractivity contribution in [3.8, 4) is 0 Å². The molecule has 1 heterocycles. The van der Waals surface area contributed by atoms with E-state index in [-0.39, 0.29) is 0 Å². The minimum atomic E-state index is 0.711. The van der Waals surface area contributed by atoms with Crippen molar-refractivity contribution in [1.82, 2.24) is 4.98 Å². The lowest BCUT2D eigenvalue weighted by atomic mass is 10.1. The number of hydrogen-bond donors (Lipinski definition) is 0. The summed E-state index contributed by atoms with van der Waals surface area (Å²) in [6.45, 7) is 4.44. The predicted octanol–water partition coefficient (Wildman–Crippen LogP) is 3.32. The Hall–Kier alpha value is -0.560. The molecule has 0 aliphatic carbocycles. The van der Waals surface area contributed by atoms with Crippen LogP contribution in [-0.4, -0.2) is 4.98 Å². The highest BCUT2D eigenvalue weighted by Gasteiger charge is 1.97. The second-order valence-electron chi connectivity index (χ2n) is 3.40. The minimum absolute atomic E-state index is 0.711. The molecular formula is C10H14ClN. The molecule has 0 radical (unpaired) electrons. The van der Waals surface area contributed by atoms with Crippen LogP contribution in [0.2, 0.25) is 5.02 Å². The summed E-state index contributed by atoms with van der Waals surface area (Å²) in [7, 11) is 0. The van der Waals surface area contributed by atoms with Crippen LogP contribution in [0, 0.1) is 5.92 Å². The topological polar surface area (TPSA) is 12.9 Å². The van der Waals surface area contributed by atoms with Gasteiger partial charge in [0, 0.05) is 11.9 Å². The van der Waals surface area contributed by atoms with E-state index in [1.54, 1.807) is 6.20 Å². The first-order chi connectivity index (χ1) is 5.68. The largest absolute Gasteiger partial charge is 0.260 e. The summed E-state index contributed by atoms with van der Waals surface area (Å²) in [5.41, 5.74) is 1.13. The van der Waals surface area contributed by atoms with Crippen LogP contribution in [0.1, 0.15) is 26.0 Å². The molecule has 0 atom stereocenters. The first-order valence-corrected chi connectivity index (χ1v) is 4.66. The van der Waals surface area contributed by atoms with Crippen LogP contribution < -0.4 is 0 Å². The Labute approximate surface area is 78.8 Å². The lowest BCUT2D eigenvalue weighted by molar-refractivity contribution is 0.581. The number of hydrogen-bond acceptors (Lipinski definition) is 1. The maximum Gasteiger partial charge on any atom is 0.0589 e. The van der Waals surface area contributed by atoms with E-state index in [4.69, 9.17) is 11.6 Å². The third-order valence-corrected chi connectivity index (χ3v) is 1.99. The molecule has 0 saturated heterocycles. The Morgan fingerprint density at radius 2 is 2.17 bits per heavy atom. The van der Waals surface area contributed by atoms with Crippen molar-refractivity contribution in [3.63, 3.8) is 0 Å². The van der Waals surface area contributed by atoms with E-state index < -0.39 is 0 Å². The number of nitrogens with zero attached hydrogens (tertiary/aromatic N) is 1. The van der Waals surface area contributed by atoms with Crippen LogP contribution in [0.25, 0.3) is 0 Å². The average Bonchev–Trinajstić information content (AvgIpc) is 2.03. The molecule has 1 aromatic rings. The van der Waals surface area contributed by atoms with Crippen LogP contribution in [0.5, 0.6) is 0 Å². The van der Waals surface area contributed by atoms with Crippen molar-refractivity contribution >= 4 is 11.6 Å². The summed E-state index contributed by atoms with van der Waals surface area (Å²) in [6, 6.07) is 3.88. The summed E-state index contributed by atoms with van der Waals surface area (Å²) < 4.78 is 0. The van der Waals surface area contributed by atoms with Gasteiger partial charge in [-0.3, -0.25) is 4.98 Å². The summed E-state index contributed by atoms with van der Waals surface area (Å²) in [5, 5.41) is 0.711. The molecule has 12 heavy (non-hydrogen) atoms. The highest BCUT2D eigenvalue weighted by atomic mass is 35.5. The lowest BCUT2D eigenvalue weighted by Gasteiger charge is -2.03. The second-order valence-corrected chi connectivity index (χ2v) is 3.84. The lowest BCUT2D eigenvalue weighted by Crippen LogP contribution is -1.94. The maximum atomic E-state index is 5.71. The third kappa shape index (κ3) is 3.22. The molecule has 1 aromatic heterocycles. The number of rotatable bonds is 3. The van der Waals surface area contributed by atoms with Crippen molar-refractivity contribution in [2.24, 2.45) is 5.92 Å². The zero-order valence-electron chi connectivity index (χ0n) is 7.55. The van der Waals surface area contributed by atoms with Gasteiger partial charge in [0.05, 0.1) is 5.02 Å². The van der Waals surface area contributed by atoms with Crippen molar-refractivity contribution in [2.75, 3.05) is 0 Å². The Bertz CT molecular complexity index is 228.